The first-order chi connectivity index (χ1) is 15.6. The molecule has 1 N–H and O–H groups in total. The Morgan fingerprint density at radius 3 is 2.62 bits per heavy atom. The molecule has 1 aromatic heterocycles. The SMILES string of the molecule is CCOc1cc(/C=C(\C#N)c2nc3ccc(C)cc3[nH]2)ccc1OCc1ccc(Br)cc1. The molecule has 0 atom stereocenters. The normalized spacial score (nSPS) is 11.4. The number of aryl methyl sites for hydroxylation is 1. The zero-order valence-corrected chi connectivity index (χ0v) is 19.4. The van der Waals surface area contributed by atoms with Crippen LogP contribution < -0.4 is 9.47 Å². The summed E-state index contributed by atoms with van der Waals surface area (Å²) in [6.45, 7) is 4.90. The van der Waals surface area contributed by atoms with Gasteiger partial charge in [-0.2, -0.15) is 5.26 Å². The van der Waals surface area contributed by atoms with Gasteiger partial charge < -0.3 is 14.5 Å². The highest BCUT2D eigenvalue weighted by atomic mass is 79.9. The Hall–Kier alpha value is -3.56. The molecule has 0 aliphatic heterocycles. The largest absolute Gasteiger partial charge is 0.490 e. The highest BCUT2D eigenvalue weighted by molar-refractivity contribution is 9.10. The molecule has 0 amide bonds. The Labute approximate surface area is 195 Å². The second kappa shape index (κ2) is 9.71. The van der Waals surface area contributed by atoms with Crippen LogP contribution in [0.3, 0.4) is 0 Å². The molecular weight excluding hydrogens is 466 g/mol. The number of halogens is 1. The van der Waals surface area contributed by atoms with E-state index in [4.69, 9.17) is 9.47 Å². The van der Waals surface area contributed by atoms with E-state index < -0.39 is 0 Å². The van der Waals surface area contributed by atoms with Crippen LogP contribution in [0.4, 0.5) is 0 Å². The first-order valence-electron chi connectivity index (χ1n) is 10.3. The van der Waals surface area contributed by atoms with Crippen molar-refractivity contribution in [3.8, 4) is 17.6 Å². The fourth-order valence-electron chi connectivity index (χ4n) is 3.31. The lowest BCUT2D eigenvalue weighted by molar-refractivity contribution is 0.269. The monoisotopic (exact) mass is 487 g/mol. The molecule has 160 valence electrons. The topological polar surface area (TPSA) is 70.9 Å². The molecule has 1 heterocycles. The predicted octanol–water partition coefficient (Wildman–Crippen LogP) is 6.68. The molecule has 0 bridgehead atoms. The van der Waals surface area contributed by atoms with E-state index in [1.807, 2.05) is 74.5 Å². The maximum Gasteiger partial charge on any atom is 0.161 e. The van der Waals surface area contributed by atoms with Gasteiger partial charge in [-0.15, -0.1) is 0 Å². The average Bonchev–Trinajstić information content (AvgIpc) is 3.21. The Bertz CT molecular complexity index is 1320. The Balaban J connectivity index is 1.60. The molecule has 0 saturated heterocycles. The number of allylic oxidation sites excluding steroid dienone is 1. The molecule has 0 radical (unpaired) electrons. The number of hydrogen-bond acceptors (Lipinski definition) is 4. The zero-order chi connectivity index (χ0) is 22.5. The number of nitriles is 1. The number of aromatic amines is 1. The summed E-state index contributed by atoms with van der Waals surface area (Å²) in [5.41, 5.74) is 5.22. The second-order valence-corrected chi connectivity index (χ2v) is 8.25. The van der Waals surface area contributed by atoms with E-state index in [0.29, 0.717) is 36.1 Å². The third-order valence-corrected chi connectivity index (χ3v) is 5.43. The minimum Gasteiger partial charge on any atom is -0.490 e. The highest BCUT2D eigenvalue weighted by Crippen LogP contribution is 2.31. The van der Waals surface area contributed by atoms with Gasteiger partial charge in [-0.05, 0) is 73.0 Å². The van der Waals surface area contributed by atoms with Crippen molar-refractivity contribution in [2.75, 3.05) is 6.61 Å². The Morgan fingerprint density at radius 2 is 1.88 bits per heavy atom. The lowest BCUT2D eigenvalue weighted by Crippen LogP contribution is -2.00. The molecule has 0 spiro atoms. The lowest BCUT2D eigenvalue weighted by Gasteiger charge is -2.13. The molecule has 3 aromatic carbocycles. The van der Waals surface area contributed by atoms with Crippen LogP contribution in [0.1, 0.15) is 29.4 Å². The quantitative estimate of drug-likeness (QED) is 0.295. The average molecular weight is 488 g/mol. The zero-order valence-electron chi connectivity index (χ0n) is 17.9. The lowest BCUT2D eigenvalue weighted by atomic mass is 10.1. The fourth-order valence-corrected chi connectivity index (χ4v) is 3.58. The van der Waals surface area contributed by atoms with Crippen LogP contribution in [0.25, 0.3) is 22.7 Å². The standard InChI is InChI=1S/C26H22BrN3O2/c1-3-31-25-14-19(7-11-24(25)32-16-18-5-8-21(27)9-6-18)13-20(15-28)26-29-22-10-4-17(2)12-23(22)30-26/h4-14H,3,16H2,1-2H3,(H,29,30)/b20-13+. The van der Waals surface area contributed by atoms with Crippen molar-refractivity contribution in [3.63, 3.8) is 0 Å². The van der Waals surface area contributed by atoms with Crippen LogP contribution in [-0.4, -0.2) is 16.6 Å². The summed E-state index contributed by atoms with van der Waals surface area (Å²) in [7, 11) is 0. The molecule has 4 aromatic rings. The summed E-state index contributed by atoms with van der Waals surface area (Å²) in [5.74, 6) is 1.84. The fraction of sp³-hybridized carbons (Fsp3) is 0.154. The highest BCUT2D eigenvalue weighted by Gasteiger charge is 2.11. The maximum atomic E-state index is 9.74. The number of nitrogens with zero attached hydrogens (tertiary/aromatic N) is 2. The summed E-state index contributed by atoms with van der Waals surface area (Å²) in [5, 5.41) is 9.74. The van der Waals surface area contributed by atoms with E-state index >= 15 is 0 Å². The molecule has 0 fully saturated rings. The Kier molecular flexibility index (Phi) is 6.58. The van der Waals surface area contributed by atoms with Gasteiger partial charge >= 0.3 is 0 Å². The number of H-pyrrole nitrogens is 1. The van der Waals surface area contributed by atoms with Gasteiger partial charge in [-0.1, -0.05) is 40.2 Å². The number of rotatable bonds is 7. The third kappa shape index (κ3) is 5.01. The van der Waals surface area contributed by atoms with Gasteiger partial charge in [0.05, 0.1) is 23.2 Å². The summed E-state index contributed by atoms with van der Waals surface area (Å²) in [6.07, 6.45) is 1.80. The van der Waals surface area contributed by atoms with Crippen molar-refractivity contribution in [3.05, 3.63) is 87.7 Å². The van der Waals surface area contributed by atoms with Gasteiger partial charge in [-0.3, -0.25) is 0 Å². The maximum absolute atomic E-state index is 9.74. The van der Waals surface area contributed by atoms with Crippen molar-refractivity contribution >= 4 is 38.6 Å². The van der Waals surface area contributed by atoms with E-state index in [2.05, 4.69) is 32.0 Å². The summed E-state index contributed by atoms with van der Waals surface area (Å²) >= 11 is 3.44. The van der Waals surface area contributed by atoms with Crippen molar-refractivity contribution in [1.29, 1.82) is 5.26 Å². The summed E-state index contributed by atoms with van der Waals surface area (Å²) in [6, 6.07) is 21.9. The molecule has 0 aliphatic rings. The van der Waals surface area contributed by atoms with Gasteiger partial charge in [0.15, 0.2) is 11.5 Å². The molecule has 32 heavy (non-hydrogen) atoms. The first-order valence-corrected chi connectivity index (χ1v) is 11.1. The van der Waals surface area contributed by atoms with Crippen molar-refractivity contribution < 1.29 is 9.47 Å². The summed E-state index contributed by atoms with van der Waals surface area (Å²) in [4.78, 5) is 7.80. The number of imidazole rings is 1. The van der Waals surface area contributed by atoms with E-state index in [9.17, 15) is 5.26 Å². The van der Waals surface area contributed by atoms with E-state index in [1.165, 1.54) is 0 Å². The number of fused-ring (bicyclic) bond motifs is 1. The molecule has 5 nitrogen and oxygen atoms in total. The van der Waals surface area contributed by atoms with Crippen molar-refractivity contribution in [2.24, 2.45) is 0 Å². The van der Waals surface area contributed by atoms with E-state index in [1.54, 1.807) is 6.08 Å². The molecular formula is C26H22BrN3O2. The van der Waals surface area contributed by atoms with Crippen LogP contribution in [-0.2, 0) is 6.61 Å². The van der Waals surface area contributed by atoms with Crippen LogP contribution in [0.2, 0.25) is 0 Å². The van der Waals surface area contributed by atoms with Crippen molar-refractivity contribution in [2.45, 2.75) is 20.5 Å². The van der Waals surface area contributed by atoms with Gasteiger partial charge in [-0.25, -0.2) is 4.98 Å². The van der Waals surface area contributed by atoms with Gasteiger partial charge in [0.1, 0.15) is 18.5 Å². The predicted molar refractivity (Wildman–Crippen MR) is 130 cm³/mol. The minimum atomic E-state index is 0.435. The van der Waals surface area contributed by atoms with Crippen LogP contribution in [0.15, 0.2) is 65.1 Å². The molecule has 0 aliphatic carbocycles. The first kappa shape index (κ1) is 21.7. The number of aromatic nitrogens is 2. The molecule has 4 rings (SSSR count). The smallest absolute Gasteiger partial charge is 0.161 e. The van der Waals surface area contributed by atoms with Crippen LogP contribution in [0.5, 0.6) is 11.5 Å². The minimum absolute atomic E-state index is 0.435. The molecule has 0 saturated carbocycles. The molecule has 0 unspecified atom stereocenters. The number of hydrogen-bond donors (Lipinski definition) is 1. The number of ether oxygens (including phenoxy) is 2. The third-order valence-electron chi connectivity index (χ3n) is 4.90. The second-order valence-electron chi connectivity index (χ2n) is 7.33. The molecule has 6 heteroatoms. The van der Waals surface area contributed by atoms with Crippen LogP contribution >= 0.6 is 15.9 Å². The Morgan fingerprint density at radius 1 is 1.06 bits per heavy atom. The van der Waals surface area contributed by atoms with Crippen molar-refractivity contribution in [1.82, 2.24) is 9.97 Å². The van der Waals surface area contributed by atoms with Gasteiger partial charge in [0.2, 0.25) is 0 Å². The summed E-state index contributed by atoms with van der Waals surface area (Å²) < 4.78 is 12.8. The van der Waals surface area contributed by atoms with Crippen LogP contribution in [0, 0.1) is 18.3 Å². The van der Waals surface area contributed by atoms with E-state index in [-0.39, 0.29) is 0 Å². The van der Waals surface area contributed by atoms with E-state index in [0.717, 1.165) is 32.2 Å². The number of benzene rings is 3. The van der Waals surface area contributed by atoms with Gasteiger partial charge in [0, 0.05) is 4.47 Å². The number of nitrogens with one attached hydrogen (secondary N) is 1. The van der Waals surface area contributed by atoms with Gasteiger partial charge in [0.25, 0.3) is 0 Å².